The van der Waals surface area contributed by atoms with Crippen LogP contribution in [0.15, 0.2) is 291 Å². The van der Waals surface area contributed by atoms with E-state index in [2.05, 4.69) is 78.7 Å². The minimum atomic E-state index is -5.65. The number of aromatic nitrogens is 5. The van der Waals surface area contributed by atoms with Crippen LogP contribution in [0.1, 0.15) is 46.9 Å². The molecule has 6 nitrogen and oxygen atoms in total. The van der Waals surface area contributed by atoms with E-state index in [1.807, 2.05) is 161 Å². The standard InChI is InChI=1S/C82H57N5OSi.Pt/c1-82(2,3)55-48-49-83-79(50-55)87-75-41-20-17-36-68(75)69-46-44-58(52-78(69)87)88-57-25-21-24-56(51-57)84-54-85-80-70(37-22-42-76(80)84)64-33-14-13-32-63(64)65-47-45-62(89(59-26-7-4-8-27-59,60-28-9-5-10-29-60)61-30-11-6-12-31-61)53-72(65)71-38-23-43-77(81(71)85)86-73-39-18-15-34-66(73)67-35-16-19-40-74(67)86;/h4-50,53H,1-3H3;/q-2;/i4D,5D,6D,7D,8D,9D,10D,11D,12D,26D,27D,28D,29D,30D,31D;. The summed E-state index contributed by atoms with van der Waals surface area (Å²) in [5.41, 5.74) is 11.2. The van der Waals surface area contributed by atoms with Crippen molar-refractivity contribution < 1.29 is 50.9 Å². The molecule has 0 atom stereocenters. The van der Waals surface area contributed by atoms with E-state index in [4.69, 9.17) is 13.8 Å². The van der Waals surface area contributed by atoms with Crippen molar-refractivity contribution in [2.45, 2.75) is 26.2 Å². The maximum Gasteiger partial charge on any atom is 0.268 e. The molecule has 12 aromatic carbocycles. The van der Waals surface area contributed by atoms with Gasteiger partial charge < -0.3 is 18.4 Å². The largest absolute Gasteiger partial charge is 0.510 e. The molecule has 5 heterocycles. The van der Waals surface area contributed by atoms with Crippen molar-refractivity contribution in [3.05, 3.63) is 315 Å². The fourth-order valence-corrected chi connectivity index (χ4v) is 17.1. The summed E-state index contributed by atoms with van der Waals surface area (Å²) < 4.78 is 157. The summed E-state index contributed by atoms with van der Waals surface area (Å²) in [4.78, 5) is 4.89. The van der Waals surface area contributed by atoms with E-state index in [9.17, 15) is 16.4 Å². The van der Waals surface area contributed by atoms with Crippen LogP contribution in [-0.2, 0) is 26.5 Å². The number of ether oxygens (including phenoxy) is 1. The van der Waals surface area contributed by atoms with Gasteiger partial charge in [-0.15, -0.1) is 29.7 Å². The number of para-hydroxylation sites is 5. The number of benzene rings is 12. The van der Waals surface area contributed by atoms with Crippen molar-refractivity contribution in [2.24, 2.45) is 0 Å². The molecular formula is C82H57N5OPtSi-2. The second kappa shape index (κ2) is 21.7. The second-order valence-electron chi connectivity index (χ2n) is 23.1. The van der Waals surface area contributed by atoms with E-state index in [1.165, 1.54) is 0 Å². The van der Waals surface area contributed by atoms with Gasteiger partial charge in [-0.2, -0.15) is 18.2 Å². The summed E-state index contributed by atoms with van der Waals surface area (Å²) in [6, 6.07) is 57.2. The summed E-state index contributed by atoms with van der Waals surface area (Å²) in [6.45, 7) is 6.52. The van der Waals surface area contributed by atoms with Crippen molar-refractivity contribution in [3.63, 3.8) is 0 Å². The van der Waals surface area contributed by atoms with Crippen LogP contribution in [0.25, 0.3) is 111 Å². The van der Waals surface area contributed by atoms with Gasteiger partial charge in [-0.1, -0.05) is 244 Å². The molecule has 0 aliphatic carbocycles. The van der Waals surface area contributed by atoms with Crippen LogP contribution < -0.4 is 30.1 Å². The van der Waals surface area contributed by atoms with Crippen molar-refractivity contribution in [1.29, 1.82) is 0 Å². The van der Waals surface area contributed by atoms with Crippen LogP contribution in [0.4, 0.5) is 0 Å². The van der Waals surface area contributed by atoms with E-state index < -0.39 is 114 Å². The quantitative estimate of drug-likeness (QED) is 0.0625. The van der Waals surface area contributed by atoms with Gasteiger partial charge in [0.1, 0.15) is 5.82 Å². The number of imidazole rings is 1. The van der Waals surface area contributed by atoms with E-state index in [0.717, 1.165) is 66.1 Å². The number of fused-ring (bicyclic) bond motifs is 13. The second-order valence-corrected chi connectivity index (χ2v) is 26.7. The molecule has 0 spiro atoms. The molecule has 17 rings (SSSR count). The van der Waals surface area contributed by atoms with Crippen LogP contribution in [0.2, 0.25) is 0 Å². The van der Waals surface area contributed by atoms with Crippen LogP contribution in [0.5, 0.6) is 11.5 Å². The molecule has 0 N–H and O–H groups in total. The van der Waals surface area contributed by atoms with E-state index >= 15 is 0 Å². The van der Waals surface area contributed by atoms with Gasteiger partial charge >= 0.3 is 0 Å². The van der Waals surface area contributed by atoms with Gasteiger partial charge in [0.05, 0.1) is 54.0 Å². The molecule has 90 heavy (non-hydrogen) atoms. The van der Waals surface area contributed by atoms with Gasteiger partial charge in [-0.3, -0.25) is 4.57 Å². The molecule has 8 heteroatoms. The maximum atomic E-state index is 9.97. The number of nitrogens with zero attached hydrogens (tertiary/aromatic N) is 5. The molecule has 4 aromatic heterocycles. The number of hydrogen-bond donors (Lipinski definition) is 0. The molecule has 0 fully saturated rings. The van der Waals surface area contributed by atoms with E-state index in [-0.39, 0.29) is 31.7 Å². The molecular weight excluding hydrogens is 1290 g/mol. The zero-order chi connectivity index (χ0) is 72.4. The predicted octanol–water partition coefficient (Wildman–Crippen LogP) is 16.7. The van der Waals surface area contributed by atoms with Gasteiger partial charge in [-0.05, 0) is 113 Å². The van der Waals surface area contributed by atoms with Gasteiger partial charge in [0.2, 0.25) is 0 Å². The number of pyridine rings is 1. The molecule has 0 unspecified atom stereocenters. The third-order valence-electron chi connectivity index (χ3n) is 17.2. The molecule has 0 saturated heterocycles. The summed E-state index contributed by atoms with van der Waals surface area (Å²) in [7, 11) is -5.65. The van der Waals surface area contributed by atoms with Crippen molar-refractivity contribution in [1.82, 2.24) is 18.7 Å². The first-order valence-electron chi connectivity index (χ1n) is 36.7. The Labute approximate surface area is 559 Å². The smallest absolute Gasteiger partial charge is 0.268 e. The van der Waals surface area contributed by atoms with Crippen LogP contribution in [0, 0.1) is 18.5 Å². The molecule has 0 bridgehead atoms. The van der Waals surface area contributed by atoms with Crippen molar-refractivity contribution in [3.8, 4) is 67.8 Å². The SMILES string of the molecule is [2H]c1c([2H])c([2H])c([Si](c2ccc3c(c2)-c2cccc(-n4c5ccccc5c5ccccc54)c2-[n+]2[c-]n(-c4[c-]c(Oc5[c-]c6c(cc5)c5ccccc5n6-c5cc(C(C)(C)C)ccn5)ccc4)c4cccc(c42)-c2ccccc2-3)(c2c([2H])c([2H])c([2H])c([2H])c2[2H])c2c([2H])c([2H])c([2H])c([2H])c2[2H])c([2H])c1[2H].[Pt]. The third kappa shape index (κ3) is 8.63. The van der Waals surface area contributed by atoms with Gasteiger partial charge in [0.25, 0.3) is 6.33 Å². The van der Waals surface area contributed by atoms with Crippen molar-refractivity contribution >= 4 is 83.5 Å². The molecule has 0 amide bonds. The Morgan fingerprint density at radius 1 is 0.456 bits per heavy atom. The molecule has 1 aliphatic heterocycles. The Hall–Kier alpha value is -10.4. The molecule has 432 valence electrons. The first kappa shape index (κ1) is 40.9. The number of hydrogen-bond acceptors (Lipinski definition) is 2. The van der Waals surface area contributed by atoms with Crippen molar-refractivity contribution in [2.75, 3.05) is 0 Å². The summed E-state index contributed by atoms with van der Waals surface area (Å²) in [5.74, 6) is 1.54. The van der Waals surface area contributed by atoms with E-state index in [0.29, 0.717) is 61.8 Å². The Morgan fingerprint density at radius 2 is 0.989 bits per heavy atom. The maximum absolute atomic E-state index is 9.97. The van der Waals surface area contributed by atoms with Crippen LogP contribution in [0.3, 0.4) is 0 Å². The molecule has 0 saturated carbocycles. The number of rotatable bonds is 9. The topological polar surface area (TPSA) is 40.8 Å². The molecule has 0 radical (unpaired) electrons. The average molecular weight is 1370 g/mol. The third-order valence-corrected chi connectivity index (χ3v) is 21.4. The first-order valence-corrected chi connectivity index (χ1v) is 31.2. The average Bonchev–Trinajstić information content (AvgIpc) is 1.45. The monoisotopic (exact) mass is 1370 g/mol. The minimum absolute atomic E-state index is 0. The van der Waals surface area contributed by atoms with E-state index in [1.54, 1.807) is 18.2 Å². The Kier molecular flexibility index (Phi) is 9.87. The molecule has 1 aliphatic rings. The summed E-state index contributed by atoms with van der Waals surface area (Å²) in [5, 5.41) is 2.08. The van der Waals surface area contributed by atoms with Crippen LogP contribution >= 0.6 is 0 Å². The minimum Gasteiger partial charge on any atom is -0.510 e. The van der Waals surface area contributed by atoms with Gasteiger partial charge in [0.15, 0.2) is 8.07 Å². The summed E-state index contributed by atoms with van der Waals surface area (Å²) in [6.07, 6.45) is 5.69. The fourth-order valence-electron chi connectivity index (χ4n) is 13.3. The Balaban J connectivity index is 0.00000847. The Bertz CT molecular complexity index is 6130. The van der Waals surface area contributed by atoms with Gasteiger partial charge in [-0.25, -0.2) is 4.98 Å². The molecule has 16 aromatic rings. The fraction of sp³-hybridized carbons (Fsp3) is 0.0488. The predicted molar refractivity (Wildman–Crippen MR) is 366 cm³/mol. The Morgan fingerprint density at radius 3 is 1.64 bits per heavy atom. The summed E-state index contributed by atoms with van der Waals surface area (Å²) >= 11 is 0. The van der Waals surface area contributed by atoms with Crippen LogP contribution in [-0.4, -0.2) is 26.8 Å². The zero-order valence-electron chi connectivity index (χ0n) is 63.5. The zero-order valence-corrected chi connectivity index (χ0v) is 51.8. The first-order chi connectivity index (χ1) is 50.0. The normalized spacial score (nSPS) is 14.4. The van der Waals surface area contributed by atoms with Gasteiger partial charge in [0, 0.05) is 55.1 Å².